The number of rotatable bonds is 8. The summed E-state index contributed by atoms with van der Waals surface area (Å²) in [6.07, 6.45) is 6.58. The molecule has 0 aliphatic heterocycles. The van der Waals surface area contributed by atoms with Crippen LogP contribution < -0.4 is 10.6 Å². The molecule has 3 rings (SSSR count). The maximum atomic E-state index is 12.2. The SMILES string of the molecule is CCCNc1ccc(C(=O)NCC(C2CC2)C2CC2)cc1. The molecule has 1 aromatic carbocycles. The molecule has 0 aromatic heterocycles. The Hall–Kier alpha value is -1.51. The minimum Gasteiger partial charge on any atom is -0.385 e. The van der Waals surface area contributed by atoms with Gasteiger partial charge < -0.3 is 10.6 Å². The molecule has 0 unspecified atom stereocenters. The van der Waals surface area contributed by atoms with E-state index in [1.54, 1.807) is 0 Å². The van der Waals surface area contributed by atoms with Crippen LogP contribution in [0.25, 0.3) is 0 Å². The van der Waals surface area contributed by atoms with E-state index in [1.165, 1.54) is 25.7 Å². The Labute approximate surface area is 127 Å². The maximum absolute atomic E-state index is 12.2. The molecule has 2 saturated carbocycles. The Bertz CT molecular complexity index is 462. The number of benzene rings is 1. The van der Waals surface area contributed by atoms with Crippen LogP contribution >= 0.6 is 0 Å². The third-order valence-electron chi connectivity index (χ3n) is 4.68. The van der Waals surface area contributed by atoms with Gasteiger partial charge in [0.05, 0.1) is 0 Å². The predicted molar refractivity (Wildman–Crippen MR) is 86.5 cm³/mol. The lowest BCUT2D eigenvalue weighted by molar-refractivity contribution is 0.0943. The van der Waals surface area contributed by atoms with Gasteiger partial charge in [-0.3, -0.25) is 4.79 Å². The molecule has 0 heterocycles. The lowest BCUT2D eigenvalue weighted by Gasteiger charge is -2.16. The van der Waals surface area contributed by atoms with Gasteiger partial charge in [0.1, 0.15) is 0 Å². The predicted octanol–water partition coefficient (Wildman–Crippen LogP) is 3.67. The highest BCUT2D eigenvalue weighted by molar-refractivity contribution is 5.94. The molecule has 0 radical (unpaired) electrons. The van der Waals surface area contributed by atoms with Gasteiger partial charge in [-0.05, 0) is 74.1 Å². The first-order valence-electron chi connectivity index (χ1n) is 8.40. The maximum Gasteiger partial charge on any atom is 0.251 e. The Morgan fingerprint density at radius 3 is 2.29 bits per heavy atom. The molecule has 0 bridgehead atoms. The molecule has 1 aromatic rings. The number of amides is 1. The zero-order valence-electron chi connectivity index (χ0n) is 12.9. The lowest BCUT2D eigenvalue weighted by Crippen LogP contribution is -2.31. The zero-order valence-corrected chi connectivity index (χ0v) is 12.9. The first kappa shape index (κ1) is 14.4. The van der Waals surface area contributed by atoms with Crippen molar-refractivity contribution < 1.29 is 4.79 Å². The quantitative estimate of drug-likeness (QED) is 0.765. The van der Waals surface area contributed by atoms with Crippen LogP contribution in [0.5, 0.6) is 0 Å². The third kappa shape index (κ3) is 3.99. The van der Waals surface area contributed by atoms with E-state index in [9.17, 15) is 4.79 Å². The minimum atomic E-state index is 0.0725. The van der Waals surface area contributed by atoms with Crippen molar-refractivity contribution in [1.29, 1.82) is 0 Å². The average molecular weight is 286 g/mol. The van der Waals surface area contributed by atoms with Crippen LogP contribution in [-0.4, -0.2) is 19.0 Å². The minimum absolute atomic E-state index is 0.0725. The topological polar surface area (TPSA) is 41.1 Å². The van der Waals surface area contributed by atoms with Crippen LogP contribution in [-0.2, 0) is 0 Å². The van der Waals surface area contributed by atoms with Crippen molar-refractivity contribution in [2.45, 2.75) is 39.0 Å². The molecular formula is C18H26N2O. The first-order valence-corrected chi connectivity index (χ1v) is 8.40. The summed E-state index contributed by atoms with van der Waals surface area (Å²) in [5, 5.41) is 6.47. The van der Waals surface area contributed by atoms with Gasteiger partial charge in [-0.2, -0.15) is 0 Å². The number of hydrogen-bond acceptors (Lipinski definition) is 2. The summed E-state index contributed by atoms with van der Waals surface area (Å²) in [6, 6.07) is 7.81. The Morgan fingerprint density at radius 2 is 1.76 bits per heavy atom. The summed E-state index contributed by atoms with van der Waals surface area (Å²) in [6.45, 7) is 3.98. The van der Waals surface area contributed by atoms with Crippen molar-refractivity contribution in [2.24, 2.45) is 17.8 Å². The summed E-state index contributed by atoms with van der Waals surface area (Å²) in [5.41, 5.74) is 1.85. The van der Waals surface area contributed by atoms with Gasteiger partial charge in [0.15, 0.2) is 0 Å². The van der Waals surface area contributed by atoms with Crippen molar-refractivity contribution in [2.75, 3.05) is 18.4 Å². The second-order valence-electron chi connectivity index (χ2n) is 6.55. The fraction of sp³-hybridized carbons (Fsp3) is 0.611. The molecule has 114 valence electrons. The molecule has 3 nitrogen and oxygen atoms in total. The van der Waals surface area contributed by atoms with Gasteiger partial charge in [0.2, 0.25) is 0 Å². The number of nitrogens with one attached hydrogen (secondary N) is 2. The van der Waals surface area contributed by atoms with Gasteiger partial charge in [-0.25, -0.2) is 0 Å². The van der Waals surface area contributed by atoms with Crippen LogP contribution in [0, 0.1) is 17.8 Å². The highest BCUT2D eigenvalue weighted by Crippen LogP contribution is 2.48. The smallest absolute Gasteiger partial charge is 0.251 e. The molecule has 21 heavy (non-hydrogen) atoms. The van der Waals surface area contributed by atoms with E-state index in [0.29, 0.717) is 0 Å². The Morgan fingerprint density at radius 1 is 1.14 bits per heavy atom. The molecular weight excluding hydrogens is 260 g/mol. The summed E-state index contributed by atoms with van der Waals surface area (Å²) in [7, 11) is 0. The molecule has 3 heteroatoms. The fourth-order valence-corrected chi connectivity index (χ4v) is 3.09. The highest BCUT2D eigenvalue weighted by atomic mass is 16.1. The number of anilines is 1. The lowest BCUT2D eigenvalue weighted by atomic mass is 9.98. The van der Waals surface area contributed by atoms with Crippen LogP contribution in [0.3, 0.4) is 0 Å². The molecule has 2 fully saturated rings. The molecule has 2 N–H and O–H groups in total. The van der Waals surface area contributed by atoms with Crippen molar-refractivity contribution in [3.8, 4) is 0 Å². The van der Waals surface area contributed by atoms with E-state index < -0.39 is 0 Å². The van der Waals surface area contributed by atoms with Gasteiger partial charge in [0.25, 0.3) is 5.91 Å². The van der Waals surface area contributed by atoms with E-state index in [0.717, 1.165) is 48.5 Å². The van der Waals surface area contributed by atoms with Crippen LogP contribution in [0.1, 0.15) is 49.4 Å². The molecule has 0 atom stereocenters. The van der Waals surface area contributed by atoms with Crippen LogP contribution in [0.15, 0.2) is 24.3 Å². The van der Waals surface area contributed by atoms with Crippen molar-refractivity contribution in [1.82, 2.24) is 5.32 Å². The number of hydrogen-bond donors (Lipinski definition) is 2. The normalized spacial score (nSPS) is 17.8. The summed E-state index contributed by atoms with van der Waals surface area (Å²) in [4.78, 5) is 12.2. The molecule has 2 aliphatic rings. The van der Waals surface area contributed by atoms with Gasteiger partial charge in [-0.15, -0.1) is 0 Å². The third-order valence-corrected chi connectivity index (χ3v) is 4.68. The first-order chi connectivity index (χ1) is 10.3. The van der Waals surface area contributed by atoms with Crippen molar-refractivity contribution in [3.05, 3.63) is 29.8 Å². The molecule has 0 saturated heterocycles. The average Bonchev–Trinajstić information content (AvgIpc) is 3.38. The number of carbonyl (C=O) groups is 1. The summed E-state index contributed by atoms with van der Waals surface area (Å²) < 4.78 is 0. The van der Waals surface area contributed by atoms with E-state index in [2.05, 4.69) is 17.6 Å². The fourth-order valence-electron chi connectivity index (χ4n) is 3.09. The van der Waals surface area contributed by atoms with Gasteiger partial charge in [0, 0.05) is 24.3 Å². The monoisotopic (exact) mass is 286 g/mol. The largest absolute Gasteiger partial charge is 0.385 e. The second kappa shape index (κ2) is 6.50. The Kier molecular flexibility index (Phi) is 4.47. The van der Waals surface area contributed by atoms with Gasteiger partial charge >= 0.3 is 0 Å². The number of carbonyl (C=O) groups excluding carboxylic acids is 1. The summed E-state index contributed by atoms with van der Waals surface area (Å²) >= 11 is 0. The van der Waals surface area contributed by atoms with E-state index in [1.807, 2.05) is 24.3 Å². The molecule has 0 spiro atoms. The van der Waals surface area contributed by atoms with E-state index in [4.69, 9.17) is 0 Å². The van der Waals surface area contributed by atoms with Crippen molar-refractivity contribution in [3.63, 3.8) is 0 Å². The highest BCUT2D eigenvalue weighted by Gasteiger charge is 2.41. The molecule has 2 aliphatic carbocycles. The standard InChI is InChI=1S/C18H26N2O/c1-2-11-19-16-9-7-15(8-10-16)18(21)20-12-17(13-3-4-13)14-5-6-14/h7-10,13-14,17,19H,2-6,11-12H2,1H3,(H,20,21). The van der Waals surface area contributed by atoms with E-state index >= 15 is 0 Å². The zero-order chi connectivity index (χ0) is 14.7. The van der Waals surface area contributed by atoms with E-state index in [-0.39, 0.29) is 5.91 Å². The molecule has 1 amide bonds. The Balaban J connectivity index is 1.50. The second-order valence-corrected chi connectivity index (χ2v) is 6.55. The van der Waals surface area contributed by atoms with Crippen molar-refractivity contribution >= 4 is 11.6 Å². The van der Waals surface area contributed by atoms with Crippen LogP contribution in [0.4, 0.5) is 5.69 Å². The van der Waals surface area contributed by atoms with Gasteiger partial charge in [-0.1, -0.05) is 6.92 Å². The summed E-state index contributed by atoms with van der Waals surface area (Å²) in [5.74, 6) is 2.58. The van der Waals surface area contributed by atoms with Crippen LogP contribution in [0.2, 0.25) is 0 Å².